The largest absolute Gasteiger partial charge is 0.393 e. The van der Waals surface area contributed by atoms with Crippen LogP contribution in [0.4, 0.5) is 0 Å². The first-order chi connectivity index (χ1) is 10.3. The molecule has 5 heteroatoms. The van der Waals surface area contributed by atoms with Crippen molar-refractivity contribution in [1.29, 1.82) is 0 Å². The van der Waals surface area contributed by atoms with E-state index in [-0.39, 0.29) is 6.10 Å². The van der Waals surface area contributed by atoms with E-state index in [9.17, 15) is 5.11 Å². The van der Waals surface area contributed by atoms with Crippen molar-refractivity contribution in [2.45, 2.75) is 31.9 Å². The smallest absolute Gasteiger partial charge is 0.0695 e. The molecule has 1 aliphatic rings. The fourth-order valence-electron chi connectivity index (χ4n) is 2.97. The minimum absolute atomic E-state index is 0.0748. The van der Waals surface area contributed by atoms with E-state index >= 15 is 0 Å². The number of nitrogens with zero attached hydrogens (tertiary/aromatic N) is 2. The highest BCUT2D eigenvalue weighted by molar-refractivity contribution is 5.81. The maximum atomic E-state index is 9.48. The molecule has 21 heavy (non-hydrogen) atoms. The molecule has 0 aliphatic carbocycles. The van der Waals surface area contributed by atoms with Crippen molar-refractivity contribution in [3.63, 3.8) is 0 Å². The Hall–Kier alpha value is -1.43. The molecule has 2 aromatic rings. The first kappa shape index (κ1) is 14.5. The molecule has 1 aliphatic heterocycles. The maximum absolute atomic E-state index is 9.48. The summed E-state index contributed by atoms with van der Waals surface area (Å²) < 4.78 is 0. The molecular formula is C16H24N4O. The molecule has 2 heterocycles. The maximum Gasteiger partial charge on any atom is 0.0695 e. The van der Waals surface area contributed by atoms with E-state index in [4.69, 9.17) is 0 Å². The zero-order valence-electron chi connectivity index (χ0n) is 12.4. The standard InChI is InChI=1S/C16H24N4O/c21-15-5-9-20(10-6-15)8-2-7-17-11-13-3-1-4-14-12-18-19-16(13)14/h1,3-4,12,15,17,21H,2,5-11H2,(H,18,19). The van der Waals surface area contributed by atoms with Crippen LogP contribution in [-0.2, 0) is 6.54 Å². The van der Waals surface area contributed by atoms with Gasteiger partial charge in [-0.05, 0) is 37.9 Å². The average Bonchev–Trinajstić information content (AvgIpc) is 2.98. The Morgan fingerprint density at radius 2 is 2.19 bits per heavy atom. The number of aromatic nitrogens is 2. The van der Waals surface area contributed by atoms with Gasteiger partial charge in [0.25, 0.3) is 0 Å². The normalized spacial score (nSPS) is 17.6. The number of H-pyrrole nitrogens is 1. The summed E-state index contributed by atoms with van der Waals surface area (Å²) in [6.07, 6.45) is 4.79. The van der Waals surface area contributed by atoms with Crippen LogP contribution in [0.15, 0.2) is 24.4 Å². The Morgan fingerprint density at radius 3 is 3.05 bits per heavy atom. The Morgan fingerprint density at radius 1 is 1.33 bits per heavy atom. The Kier molecular flexibility index (Phi) is 4.85. The highest BCUT2D eigenvalue weighted by Gasteiger charge is 2.15. The molecule has 1 saturated heterocycles. The van der Waals surface area contributed by atoms with E-state index in [2.05, 4.69) is 38.6 Å². The van der Waals surface area contributed by atoms with E-state index < -0.39 is 0 Å². The minimum atomic E-state index is -0.0748. The molecule has 0 radical (unpaired) electrons. The fraction of sp³-hybridized carbons (Fsp3) is 0.562. The van der Waals surface area contributed by atoms with Crippen LogP contribution in [0, 0.1) is 0 Å². The summed E-state index contributed by atoms with van der Waals surface area (Å²) in [4.78, 5) is 2.45. The molecule has 114 valence electrons. The van der Waals surface area contributed by atoms with E-state index in [1.54, 1.807) is 0 Å². The molecule has 0 bridgehead atoms. The lowest BCUT2D eigenvalue weighted by Crippen LogP contribution is -2.37. The van der Waals surface area contributed by atoms with Gasteiger partial charge in [-0.15, -0.1) is 0 Å². The van der Waals surface area contributed by atoms with Crippen molar-refractivity contribution in [2.75, 3.05) is 26.2 Å². The van der Waals surface area contributed by atoms with Crippen molar-refractivity contribution in [1.82, 2.24) is 20.4 Å². The lowest BCUT2D eigenvalue weighted by molar-refractivity contribution is 0.0821. The number of nitrogens with one attached hydrogen (secondary N) is 2. The molecule has 0 saturated carbocycles. The molecule has 1 aromatic carbocycles. The van der Waals surface area contributed by atoms with Gasteiger partial charge >= 0.3 is 0 Å². The second kappa shape index (κ2) is 7.02. The van der Waals surface area contributed by atoms with Crippen LogP contribution < -0.4 is 5.32 Å². The Balaban J connectivity index is 1.38. The van der Waals surface area contributed by atoms with Crippen molar-refractivity contribution < 1.29 is 5.11 Å². The fourth-order valence-corrected chi connectivity index (χ4v) is 2.97. The van der Waals surface area contributed by atoms with Crippen molar-refractivity contribution in [3.8, 4) is 0 Å². The van der Waals surface area contributed by atoms with Gasteiger partial charge in [-0.3, -0.25) is 5.10 Å². The lowest BCUT2D eigenvalue weighted by atomic mass is 10.1. The summed E-state index contributed by atoms with van der Waals surface area (Å²) in [5, 5.41) is 21.3. The van der Waals surface area contributed by atoms with Crippen LogP contribution in [0.3, 0.4) is 0 Å². The SMILES string of the molecule is OC1CCN(CCCNCc2cccc3cn[nH]c23)CC1. The predicted molar refractivity (Wildman–Crippen MR) is 84.1 cm³/mol. The molecule has 1 fully saturated rings. The van der Waals surface area contributed by atoms with E-state index in [1.807, 2.05) is 6.20 Å². The number of fused-ring (bicyclic) bond motifs is 1. The first-order valence-corrected chi connectivity index (χ1v) is 7.85. The summed E-state index contributed by atoms with van der Waals surface area (Å²) in [7, 11) is 0. The minimum Gasteiger partial charge on any atom is -0.393 e. The zero-order valence-corrected chi connectivity index (χ0v) is 12.4. The van der Waals surface area contributed by atoms with Gasteiger partial charge < -0.3 is 15.3 Å². The van der Waals surface area contributed by atoms with Crippen LogP contribution in [0.25, 0.3) is 10.9 Å². The molecule has 0 amide bonds. The highest BCUT2D eigenvalue weighted by Crippen LogP contribution is 2.15. The summed E-state index contributed by atoms with van der Waals surface area (Å²) >= 11 is 0. The second-order valence-electron chi connectivity index (χ2n) is 5.85. The van der Waals surface area contributed by atoms with Gasteiger partial charge in [0.05, 0.1) is 17.8 Å². The van der Waals surface area contributed by atoms with Crippen molar-refractivity contribution in [2.24, 2.45) is 0 Å². The number of rotatable bonds is 6. The number of hydrogen-bond donors (Lipinski definition) is 3. The van der Waals surface area contributed by atoms with E-state index in [1.165, 1.54) is 10.9 Å². The quantitative estimate of drug-likeness (QED) is 0.705. The van der Waals surface area contributed by atoms with Gasteiger partial charge in [0.15, 0.2) is 0 Å². The molecule has 0 unspecified atom stereocenters. The van der Waals surface area contributed by atoms with Crippen LogP contribution in [0.5, 0.6) is 0 Å². The van der Waals surface area contributed by atoms with Gasteiger partial charge in [-0.1, -0.05) is 18.2 Å². The summed E-state index contributed by atoms with van der Waals surface area (Å²) in [5.74, 6) is 0. The molecule has 0 spiro atoms. The number of aliphatic hydroxyl groups is 1. The molecule has 3 N–H and O–H groups in total. The summed E-state index contributed by atoms with van der Waals surface area (Å²) in [6, 6.07) is 6.29. The Labute approximate surface area is 125 Å². The van der Waals surface area contributed by atoms with Gasteiger partial charge in [-0.25, -0.2) is 0 Å². The number of piperidine rings is 1. The number of aromatic amines is 1. The molecule has 5 nitrogen and oxygen atoms in total. The molecule has 1 aromatic heterocycles. The van der Waals surface area contributed by atoms with E-state index in [0.29, 0.717) is 0 Å². The third kappa shape index (κ3) is 3.81. The van der Waals surface area contributed by atoms with Crippen LogP contribution in [-0.4, -0.2) is 52.5 Å². The third-order valence-electron chi connectivity index (χ3n) is 4.26. The van der Waals surface area contributed by atoms with Gasteiger partial charge in [0.1, 0.15) is 0 Å². The van der Waals surface area contributed by atoms with Gasteiger partial charge in [0, 0.05) is 25.0 Å². The molecule has 3 rings (SSSR count). The number of likely N-dealkylation sites (tertiary alicyclic amines) is 1. The van der Waals surface area contributed by atoms with Gasteiger partial charge in [0.2, 0.25) is 0 Å². The average molecular weight is 288 g/mol. The van der Waals surface area contributed by atoms with Crippen molar-refractivity contribution >= 4 is 10.9 Å². The first-order valence-electron chi connectivity index (χ1n) is 7.85. The Bertz CT molecular complexity index is 560. The molecule has 0 atom stereocenters. The number of hydrogen-bond acceptors (Lipinski definition) is 4. The summed E-state index contributed by atoms with van der Waals surface area (Å²) in [5.41, 5.74) is 2.40. The van der Waals surface area contributed by atoms with Crippen LogP contribution >= 0.6 is 0 Å². The lowest BCUT2D eigenvalue weighted by Gasteiger charge is -2.29. The number of aliphatic hydroxyl groups excluding tert-OH is 1. The second-order valence-corrected chi connectivity index (χ2v) is 5.85. The number of benzene rings is 1. The third-order valence-corrected chi connectivity index (χ3v) is 4.26. The topological polar surface area (TPSA) is 64.2 Å². The van der Waals surface area contributed by atoms with E-state index in [0.717, 1.165) is 57.5 Å². The highest BCUT2D eigenvalue weighted by atomic mass is 16.3. The van der Waals surface area contributed by atoms with Crippen LogP contribution in [0.1, 0.15) is 24.8 Å². The van der Waals surface area contributed by atoms with Gasteiger partial charge in [-0.2, -0.15) is 5.10 Å². The zero-order chi connectivity index (χ0) is 14.5. The van der Waals surface area contributed by atoms with Crippen LogP contribution in [0.2, 0.25) is 0 Å². The summed E-state index contributed by atoms with van der Waals surface area (Å²) in [6.45, 7) is 5.08. The van der Waals surface area contributed by atoms with Crippen molar-refractivity contribution in [3.05, 3.63) is 30.0 Å². The predicted octanol–water partition coefficient (Wildman–Crippen LogP) is 1.50. The monoisotopic (exact) mass is 288 g/mol. The number of para-hydroxylation sites is 1. The molecular weight excluding hydrogens is 264 g/mol.